The number of imidazole rings is 1. The number of aromatic nitrogens is 2. The van der Waals surface area contributed by atoms with E-state index in [1.165, 1.54) is 17.1 Å². The van der Waals surface area contributed by atoms with Gasteiger partial charge in [-0.1, -0.05) is 18.2 Å². The van der Waals surface area contributed by atoms with Crippen LogP contribution < -0.4 is 5.32 Å². The van der Waals surface area contributed by atoms with Gasteiger partial charge in [-0.15, -0.1) is 0 Å². The highest BCUT2D eigenvalue weighted by atomic mass is 15.1. The Morgan fingerprint density at radius 3 is 3.18 bits per heavy atom. The molecule has 0 aliphatic carbocycles. The van der Waals surface area contributed by atoms with Gasteiger partial charge in [-0.25, -0.2) is 4.98 Å². The molecule has 0 saturated carbocycles. The van der Waals surface area contributed by atoms with E-state index in [1.807, 2.05) is 6.20 Å². The smallest absolute Gasteiger partial charge is 0.113 e. The Balaban J connectivity index is 1.89. The van der Waals surface area contributed by atoms with Gasteiger partial charge in [0.05, 0.1) is 0 Å². The summed E-state index contributed by atoms with van der Waals surface area (Å²) in [5.74, 6) is 1.69. The third-order valence-corrected chi connectivity index (χ3v) is 3.48. The summed E-state index contributed by atoms with van der Waals surface area (Å²) in [6, 6.07) is 8.54. The number of fused-ring (bicyclic) bond motifs is 1. The Kier molecular flexibility index (Phi) is 2.59. The first-order chi connectivity index (χ1) is 8.38. The second kappa shape index (κ2) is 4.24. The first-order valence-corrected chi connectivity index (χ1v) is 6.21. The molecule has 3 nitrogen and oxygen atoms in total. The number of benzene rings is 1. The third kappa shape index (κ3) is 1.82. The molecule has 2 heterocycles. The fourth-order valence-corrected chi connectivity index (χ4v) is 2.57. The van der Waals surface area contributed by atoms with E-state index >= 15 is 0 Å². The third-order valence-electron chi connectivity index (χ3n) is 3.48. The van der Waals surface area contributed by atoms with Gasteiger partial charge >= 0.3 is 0 Å². The molecule has 0 amide bonds. The Morgan fingerprint density at radius 2 is 2.29 bits per heavy atom. The maximum absolute atomic E-state index is 4.51. The highest BCUT2D eigenvalue weighted by Crippen LogP contribution is 2.29. The van der Waals surface area contributed by atoms with Crippen LogP contribution in [0.25, 0.3) is 0 Å². The standard InChI is InChI=1S/C14H17N3/c1-2-17-8-7-15-14(17)12-9-11-5-3-4-6-13(11)16-10-12/h3-8,12,16H,2,9-10H2,1H3. The minimum Gasteiger partial charge on any atom is -0.384 e. The molecule has 3 rings (SSSR count). The Bertz CT molecular complexity index is 516. The van der Waals surface area contributed by atoms with Crippen LogP contribution in [0, 0.1) is 0 Å². The lowest BCUT2D eigenvalue weighted by atomic mass is 9.93. The van der Waals surface area contributed by atoms with Crippen LogP contribution in [0.1, 0.15) is 24.2 Å². The number of hydrogen-bond acceptors (Lipinski definition) is 2. The van der Waals surface area contributed by atoms with Crippen LogP contribution in [0.2, 0.25) is 0 Å². The number of para-hydroxylation sites is 1. The SMILES string of the molecule is CCn1ccnc1C1CNc2ccccc2C1. The predicted octanol–water partition coefficient (Wildman–Crippen LogP) is 2.65. The van der Waals surface area contributed by atoms with Crippen molar-refractivity contribution in [1.82, 2.24) is 9.55 Å². The lowest BCUT2D eigenvalue weighted by Crippen LogP contribution is -2.24. The van der Waals surface area contributed by atoms with Crippen LogP contribution in [0.3, 0.4) is 0 Å². The van der Waals surface area contributed by atoms with Crippen LogP contribution in [0.5, 0.6) is 0 Å². The van der Waals surface area contributed by atoms with Gasteiger partial charge in [0.25, 0.3) is 0 Å². The Morgan fingerprint density at radius 1 is 1.41 bits per heavy atom. The van der Waals surface area contributed by atoms with Crippen molar-refractivity contribution in [3.63, 3.8) is 0 Å². The maximum atomic E-state index is 4.51. The Hall–Kier alpha value is -1.77. The van der Waals surface area contributed by atoms with Crippen molar-refractivity contribution in [3.05, 3.63) is 48.0 Å². The first kappa shape index (κ1) is 10.4. The summed E-state index contributed by atoms with van der Waals surface area (Å²) in [6.07, 6.45) is 5.05. The average molecular weight is 227 g/mol. The normalized spacial score (nSPS) is 18.5. The van der Waals surface area contributed by atoms with Crippen molar-refractivity contribution >= 4 is 5.69 Å². The van der Waals surface area contributed by atoms with Crippen LogP contribution >= 0.6 is 0 Å². The summed E-state index contributed by atoms with van der Waals surface area (Å²) in [7, 11) is 0. The highest BCUT2D eigenvalue weighted by molar-refractivity contribution is 5.54. The van der Waals surface area contributed by atoms with Crippen molar-refractivity contribution in [2.24, 2.45) is 0 Å². The number of rotatable bonds is 2. The van der Waals surface area contributed by atoms with Crippen molar-refractivity contribution < 1.29 is 0 Å². The molecule has 0 bridgehead atoms. The van der Waals surface area contributed by atoms with Gasteiger partial charge in [0.2, 0.25) is 0 Å². The van der Waals surface area contributed by atoms with E-state index in [4.69, 9.17) is 0 Å². The quantitative estimate of drug-likeness (QED) is 0.854. The van der Waals surface area contributed by atoms with Gasteiger partial charge in [0, 0.05) is 37.1 Å². The van der Waals surface area contributed by atoms with Gasteiger partial charge in [-0.05, 0) is 25.0 Å². The van der Waals surface area contributed by atoms with Crippen molar-refractivity contribution in [2.45, 2.75) is 25.8 Å². The molecule has 0 fully saturated rings. The minimum atomic E-state index is 0.486. The molecular formula is C14H17N3. The van der Waals surface area contributed by atoms with E-state index in [9.17, 15) is 0 Å². The summed E-state index contributed by atoms with van der Waals surface area (Å²) in [5, 5.41) is 3.50. The van der Waals surface area contributed by atoms with E-state index in [0.29, 0.717) is 5.92 Å². The van der Waals surface area contributed by atoms with E-state index in [2.05, 4.69) is 52.3 Å². The van der Waals surface area contributed by atoms with Crippen LogP contribution in [0.4, 0.5) is 5.69 Å². The highest BCUT2D eigenvalue weighted by Gasteiger charge is 2.22. The molecule has 1 aromatic heterocycles. The molecular weight excluding hydrogens is 210 g/mol. The lowest BCUT2D eigenvalue weighted by molar-refractivity contribution is 0.590. The zero-order valence-electron chi connectivity index (χ0n) is 10.1. The van der Waals surface area contributed by atoms with Crippen LogP contribution in [-0.2, 0) is 13.0 Å². The molecule has 0 spiro atoms. The Labute approximate surface area is 101 Å². The van der Waals surface area contributed by atoms with Crippen molar-refractivity contribution in [3.8, 4) is 0 Å². The van der Waals surface area contributed by atoms with E-state index < -0.39 is 0 Å². The van der Waals surface area contributed by atoms with Gasteiger partial charge in [0.1, 0.15) is 5.82 Å². The summed E-state index contributed by atoms with van der Waals surface area (Å²) in [5.41, 5.74) is 2.67. The first-order valence-electron chi connectivity index (χ1n) is 6.21. The second-order valence-electron chi connectivity index (χ2n) is 4.51. The summed E-state index contributed by atoms with van der Waals surface area (Å²) in [4.78, 5) is 4.51. The molecule has 88 valence electrons. The zero-order valence-corrected chi connectivity index (χ0v) is 10.1. The number of anilines is 1. The maximum Gasteiger partial charge on any atom is 0.113 e. The largest absolute Gasteiger partial charge is 0.384 e. The van der Waals surface area contributed by atoms with Crippen molar-refractivity contribution in [2.75, 3.05) is 11.9 Å². The molecule has 1 atom stereocenters. The van der Waals surface area contributed by atoms with E-state index in [1.54, 1.807) is 0 Å². The number of hydrogen-bond donors (Lipinski definition) is 1. The molecule has 1 N–H and O–H groups in total. The van der Waals surface area contributed by atoms with Crippen LogP contribution in [-0.4, -0.2) is 16.1 Å². The molecule has 1 unspecified atom stereocenters. The fraction of sp³-hybridized carbons (Fsp3) is 0.357. The lowest BCUT2D eigenvalue weighted by Gasteiger charge is -2.26. The molecule has 1 aromatic carbocycles. The number of aryl methyl sites for hydroxylation is 1. The zero-order chi connectivity index (χ0) is 11.7. The van der Waals surface area contributed by atoms with Gasteiger partial charge in [-0.3, -0.25) is 0 Å². The summed E-state index contributed by atoms with van der Waals surface area (Å²) < 4.78 is 2.24. The van der Waals surface area contributed by atoms with E-state index in [-0.39, 0.29) is 0 Å². The van der Waals surface area contributed by atoms with Crippen LogP contribution in [0.15, 0.2) is 36.7 Å². The molecule has 3 heteroatoms. The summed E-state index contributed by atoms with van der Waals surface area (Å²) in [6.45, 7) is 4.14. The van der Waals surface area contributed by atoms with Gasteiger partial charge in [0.15, 0.2) is 0 Å². The molecule has 1 aliphatic rings. The monoisotopic (exact) mass is 227 g/mol. The molecule has 0 radical (unpaired) electrons. The second-order valence-corrected chi connectivity index (χ2v) is 4.51. The number of nitrogens with zero attached hydrogens (tertiary/aromatic N) is 2. The fourth-order valence-electron chi connectivity index (χ4n) is 2.57. The molecule has 0 saturated heterocycles. The minimum absolute atomic E-state index is 0.486. The summed E-state index contributed by atoms with van der Waals surface area (Å²) >= 11 is 0. The topological polar surface area (TPSA) is 29.9 Å². The molecule has 2 aromatic rings. The number of nitrogens with one attached hydrogen (secondary N) is 1. The molecule has 1 aliphatic heterocycles. The van der Waals surface area contributed by atoms with Gasteiger partial charge < -0.3 is 9.88 Å². The average Bonchev–Trinajstić information content (AvgIpc) is 2.86. The predicted molar refractivity (Wildman–Crippen MR) is 69.3 cm³/mol. The van der Waals surface area contributed by atoms with Crippen molar-refractivity contribution in [1.29, 1.82) is 0 Å². The molecule has 17 heavy (non-hydrogen) atoms. The van der Waals surface area contributed by atoms with Gasteiger partial charge in [-0.2, -0.15) is 0 Å². The van der Waals surface area contributed by atoms with E-state index in [0.717, 1.165) is 19.5 Å².